The highest BCUT2D eigenvalue weighted by Crippen LogP contribution is 2.32. The monoisotopic (exact) mass is 391 g/mol. The molecule has 1 saturated heterocycles. The minimum Gasteiger partial charge on any atom is -0.368 e. The Morgan fingerprint density at radius 1 is 1.28 bits per heavy atom. The molecule has 1 aromatic carbocycles. The number of benzene rings is 1. The van der Waals surface area contributed by atoms with Crippen LogP contribution in [0.2, 0.25) is 0 Å². The SMILES string of the molecule is CC#CCn1c(N2CCNCC2)nc2c1C(O)N(CC(=O)c1ccccc1)C=C2. The highest BCUT2D eigenvalue weighted by atomic mass is 16.3. The van der Waals surface area contributed by atoms with Crippen LogP contribution in [0.5, 0.6) is 0 Å². The number of aliphatic hydroxyl groups is 1. The molecule has 29 heavy (non-hydrogen) atoms. The summed E-state index contributed by atoms with van der Waals surface area (Å²) in [6, 6.07) is 9.14. The van der Waals surface area contributed by atoms with E-state index in [1.165, 1.54) is 0 Å². The summed E-state index contributed by atoms with van der Waals surface area (Å²) in [7, 11) is 0. The van der Waals surface area contributed by atoms with E-state index in [0.717, 1.165) is 37.8 Å². The number of ketones is 1. The van der Waals surface area contributed by atoms with Crippen molar-refractivity contribution in [2.45, 2.75) is 19.7 Å². The Labute approximate surface area is 170 Å². The Hall–Kier alpha value is -3.08. The first-order chi connectivity index (χ1) is 14.2. The summed E-state index contributed by atoms with van der Waals surface area (Å²) in [5.41, 5.74) is 2.04. The second kappa shape index (κ2) is 8.52. The van der Waals surface area contributed by atoms with Gasteiger partial charge in [0.25, 0.3) is 0 Å². The zero-order valence-electron chi connectivity index (χ0n) is 16.5. The molecule has 0 spiro atoms. The number of hydrogen-bond acceptors (Lipinski definition) is 6. The smallest absolute Gasteiger partial charge is 0.207 e. The van der Waals surface area contributed by atoms with Gasteiger partial charge in [-0.25, -0.2) is 4.98 Å². The number of hydrogen-bond donors (Lipinski definition) is 2. The first-order valence-corrected chi connectivity index (χ1v) is 9.85. The summed E-state index contributed by atoms with van der Waals surface area (Å²) in [6.07, 6.45) is 2.66. The maximum absolute atomic E-state index is 12.6. The third-order valence-corrected chi connectivity index (χ3v) is 5.23. The number of aliphatic hydroxyl groups excluding tert-OH is 1. The van der Waals surface area contributed by atoms with Gasteiger partial charge in [-0.05, 0) is 13.0 Å². The van der Waals surface area contributed by atoms with Crippen molar-refractivity contribution in [3.05, 3.63) is 53.5 Å². The van der Waals surface area contributed by atoms with Crippen LogP contribution in [0.3, 0.4) is 0 Å². The van der Waals surface area contributed by atoms with Crippen molar-refractivity contribution in [2.75, 3.05) is 37.6 Å². The molecule has 7 nitrogen and oxygen atoms in total. The number of aromatic nitrogens is 2. The Bertz CT molecular complexity index is 964. The molecule has 2 N–H and O–H groups in total. The van der Waals surface area contributed by atoms with Crippen molar-refractivity contribution in [1.82, 2.24) is 19.8 Å². The predicted molar refractivity (Wildman–Crippen MR) is 112 cm³/mol. The molecule has 7 heteroatoms. The largest absolute Gasteiger partial charge is 0.368 e. The lowest BCUT2D eigenvalue weighted by atomic mass is 10.1. The number of nitrogens with zero attached hydrogens (tertiary/aromatic N) is 4. The normalized spacial score (nSPS) is 18.2. The molecule has 1 atom stereocenters. The van der Waals surface area contributed by atoms with Gasteiger partial charge in [-0.1, -0.05) is 36.3 Å². The molecular weight excluding hydrogens is 366 g/mol. The van der Waals surface area contributed by atoms with Gasteiger partial charge < -0.3 is 20.2 Å². The number of fused-ring (bicyclic) bond motifs is 1. The highest BCUT2D eigenvalue weighted by molar-refractivity contribution is 5.97. The summed E-state index contributed by atoms with van der Waals surface area (Å²) in [4.78, 5) is 21.3. The molecule has 1 aromatic heterocycles. The van der Waals surface area contributed by atoms with E-state index in [0.29, 0.717) is 17.8 Å². The average Bonchev–Trinajstić information content (AvgIpc) is 3.14. The fourth-order valence-corrected chi connectivity index (χ4v) is 3.71. The molecule has 0 bridgehead atoms. The molecule has 0 aliphatic carbocycles. The second-order valence-electron chi connectivity index (χ2n) is 7.08. The lowest BCUT2D eigenvalue weighted by molar-refractivity contribution is 0.0283. The number of piperazine rings is 1. The van der Waals surface area contributed by atoms with Crippen molar-refractivity contribution in [3.8, 4) is 11.8 Å². The number of carbonyl (C=O) groups excluding carboxylic acids is 1. The molecule has 0 amide bonds. The molecule has 4 rings (SSSR count). The molecular formula is C22H25N5O2. The number of imidazole rings is 1. The van der Waals surface area contributed by atoms with Crippen LogP contribution in [-0.2, 0) is 6.54 Å². The average molecular weight is 391 g/mol. The van der Waals surface area contributed by atoms with Crippen molar-refractivity contribution in [1.29, 1.82) is 0 Å². The summed E-state index contributed by atoms with van der Waals surface area (Å²) in [5, 5.41) is 14.4. The maximum Gasteiger partial charge on any atom is 0.207 e. The third-order valence-electron chi connectivity index (χ3n) is 5.23. The quantitative estimate of drug-likeness (QED) is 0.594. The van der Waals surface area contributed by atoms with E-state index in [1.54, 1.807) is 30.2 Å². The minimum atomic E-state index is -0.953. The van der Waals surface area contributed by atoms with Gasteiger partial charge in [-0.2, -0.15) is 0 Å². The van der Waals surface area contributed by atoms with Gasteiger partial charge in [0.15, 0.2) is 12.0 Å². The molecule has 3 heterocycles. The van der Waals surface area contributed by atoms with Gasteiger partial charge in [0.1, 0.15) is 0 Å². The Kier molecular flexibility index (Phi) is 5.65. The Morgan fingerprint density at radius 2 is 2.03 bits per heavy atom. The van der Waals surface area contributed by atoms with Crippen LogP contribution in [0.25, 0.3) is 6.08 Å². The third kappa shape index (κ3) is 3.90. The van der Waals surface area contributed by atoms with Crippen LogP contribution in [0.15, 0.2) is 36.5 Å². The highest BCUT2D eigenvalue weighted by Gasteiger charge is 2.31. The first kappa shape index (κ1) is 19.2. The molecule has 2 aliphatic rings. The first-order valence-electron chi connectivity index (χ1n) is 9.85. The minimum absolute atomic E-state index is 0.0421. The molecule has 1 unspecified atom stereocenters. The fourth-order valence-electron chi connectivity index (χ4n) is 3.71. The van der Waals surface area contributed by atoms with Crippen LogP contribution >= 0.6 is 0 Å². The summed E-state index contributed by atoms with van der Waals surface area (Å²) in [6.45, 7) is 5.84. The summed E-state index contributed by atoms with van der Waals surface area (Å²) in [5.74, 6) is 6.79. The second-order valence-corrected chi connectivity index (χ2v) is 7.08. The van der Waals surface area contributed by atoms with Gasteiger partial charge in [0, 0.05) is 37.9 Å². The number of carbonyl (C=O) groups is 1. The van der Waals surface area contributed by atoms with E-state index in [-0.39, 0.29) is 12.3 Å². The fraction of sp³-hybridized carbons (Fsp3) is 0.364. The van der Waals surface area contributed by atoms with Gasteiger partial charge in [0.05, 0.1) is 24.5 Å². The van der Waals surface area contributed by atoms with Crippen molar-refractivity contribution >= 4 is 17.8 Å². The van der Waals surface area contributed by atoms with Gasteiger partial charge in [-0.3, -0.25) is 9.36 Å². The lowest BCUT2D eigenvalue weighted by Gasteiger charge is -2.31. The molecule has 0 radical (unpaired) electrons. The Morgan fingerprint density at radius 3 is 2.76 bits per heavy atom. The summed E-state index contributed by atoms with van der Waals surface area (Å²) >= 11 is 0. The molecule has 150 valence electrons. The van der Waals surface area contributed by atoms with E-state index in [9.17, 15) is 9.90 Å². The van der Waals surface area contributed by atoms with Crippen LogP contribution in [-0.4, -0.2) is 58.1 Å². The van der Waals surface area contributed by atoms with Crippen LogP contribution in [0.4, 0.5) is 5.95 Å². The summed E-state index contributed by atoms with van der Waals surface area (Å²) < 4.78 is 1.98. The maximum atomic E-state index is 12.6. The number of anilines is 1. The molecule has 2 aliphatic heterocycles. The molecule has 2 aromatic rings. The van der Waals surface area contributed by atoms with Crippen molar-refractivity contribution < 1.29 is 9.90 Å². The van der Waals surface area contributed by atoms with Gasteiger partial charge in [0.2, 0.25) is 5.95 Å². The number of Topliss-reactive ketones (excluding diaryl/α,β-unsaturated/α-hetero) is 1. The zero-order valence-corrected chi connectivity index (χ0v) is 16.5. The zero-order chi connectivity index (χ0) is 20.2. The van der Waals surface area contributed by atoms with E-state index < -0.39 is 6.23 Å². The van der Waals surface area contributed by atoms with E-state index in [1.807, 2.05) is 28.8 Å². The predicted octanol–water partition coefficient (Wildman–Crippen LogP) is 1.48. The van der Waals surface area contributed by atoms with Crippen molar-refractivity contribution in [3.63, 3.8) is 0 Å². The number of rotatable bonds is 5. The molecule has 1 fully saturated rings. The Balaban J connectivity index is 1.63. The van der Waals surface area contributed by atoms with Crippen LogP contribution in [0, 0.1) is 11.8 Å². The van der Waals surface area contributed by atoms with Crippen LogP contribution in [0.1, 0.15) is 34.9 Å². The van der Waals surface area contributed by atoms with Gasteiger partial charge in [-0.15, -0.1) is 5.92 Å². The molecule has 0 saturated carbocycles. The number of nitrogens with one attached hydrogen (secondary N) is 1. The standard InChI is InChI=1S/C22H25N5O2/c1-2-3-12-27-20-18(24-22(27)25-14-10-23-11-15-25)9-13-26(21(20)29)16-19(28)17-7-5-4-6-8-17/h4-9,13,21,23,29H,10-12,14-16H2,1H3. The van der Waals surface area contributed by atoms with E-state index >= 15 is 0 Å². The van der Waals surface area contributed by atoms with Crippen molar-refractivity contribution in [2.24, 2.45) is 0 Å². The van der Waals surface area contributed by atoms with Gasteiger partial charge >= 0.3 is 0 Å². The van der Waals surface area contributed by atoms with Crippen LogP contribution < -0.4 is 10.2 Å². The topological polar surface area (TPSA) is 73.6 Å². The lowest BCUT2D eigenvalue weighted by Crippen LogP contribution is -2.44. The van der Waals surface area contributed by atoms with E-state index in [4.69, 9.17) is 4.98 Å². The van der Waals surface area contributed by atoms with E-state index in [2.05, 4.69) is 22.1 Å².